The van der Waals surface area contributed by atoms with E-state index in [0.29, 0.717) is 36.8 Å². The molecule has 2 aliphatic heterocycles. The molecule has 2 aliphatic rings. The molecule has 1 aromatic heterocycles. The zero-order valence-electron chi connectivity index (χ0n) is 17.2. The third kappa shape index (κ3) is 4.15. The summed E-state index contributed by atoms with van der Waals surface area (Å²) in [7, 11) is 0. The number of aryl methyl sites for hydroxylation is 1. The highest BCUT2D eigenvalue weighted by atomic mass is 16.7. The van der Waals surface area contributed by atoms with Crippen LogP contribution in [0.1, 0.15) is 11.4 Å². The number of nitrogens with zero attached hydrogens (tertiary/aromatic N) is 6. The second kappa shape index (κ2) is 8.23. The molecule has 3 aromatic rings. The molecular formula is C21H23N7O3. The number of ether oxygens (including phenoxy) is 2. The number of carbonyl (C=O) groups excluding carboxylic acids is 1. The molecule has 0 atom stereocenters. The summed E-state index contributed by atoms with van der Waals surface area (Å²) in [6.07, 6.45) is 0. The van der Waals surface area contributed by atoms with Crippen molar-refractivity contribution in [3.05, 3.63) is 53.9 Å². The SMILES string of the molecule is Cc1ccc(-n2nnnc2CN2CCN(C(=O)Nc3ccc4c(c3)OCO4)CC2)cc1. The third-order valence-corrected chi connectivity index (χ3v) is 5.46. The molecule has 0 radical (unpaired) electrons. The van der Waals surface area contributed by atoms with E-state index in [2.05, 4.69) is 25.7 Å². The Bertz CT molecular complexity index is 1070. The molecule has 10 heteroatoms. The lowest BCUT2D eigenvalue weighted by Gasteiger charge is -2.34. The number of nitrogens with one attached hydrogen (secondary N) is 1. The maximum Gasteiger partial charge on any atom is 0.321 e. The minimum Gasteiger partial charge on any atom is -0.454 e. The van der Waals surface area contributed by atoms with Gasteiger partial charge in [-0.25, -0.2) is 4.79 Å². The fourth-order valence-corrected chi connectivity index (χ4v) is 3.68. The first-order valence-electron chi connectivity index (χ1n) is 10.2. The molecule has 5 rings (SSSR count). The minimum atomic E-state index is -0.122. The molecule has 0 saturated carbocycles. The zero-order chi connectivity index (χ0) is 21.2. The van der Waals surface area contributed by atoms with Crippen LogP contribution in [0.5, 0.6) is 11.5 Å². The first-order valence-corrected chi connectivity index (χ1v) is 10.2. The molecule has 1 N–H and O–H groups in total. The zero-order valence-corrected chi connectivity index (χ0v) is 17.2. The summed E-state index contributed by atoms with van der Waals surface area (Å²) < 4.78 is 12.4. The number of fused-ring (bicyclic) bond motifs is 1. The summed E-state index contributed by atoms with van der Waals surface area (Å²) >= 11 is 0. The summed E-state index contributed by atoms with van der Waals surface area (Å²) in [6, 6.07) is 13.4. The number of rotatable bonds is 4. The van der Waals surface area contributed by atoms with Gasteiger partial charge in [-0.2, -0.15) is 4.68 Å². The molecule has 1 saturated heterocycles. The average Bonchev–Trinajstić information content (AvgIpc) is 3.44. The van der Waals surface area contributed by atoms with E-state index >= 15 is 0 Å². The number of carbonyl (C=O) groups is 1. The van der Waals surface area contributed by atoms with Crippen molar-refractivity contribution in [1.82, 2.24) is 30.0 Å². The first kappa shape index (κ1) is 19.3. The van der Waals surface area contributed by atoms with Gasteiger partial charge in [-0.1, -0.05) is 17.7 Å². The number of aromatic nitrogens is 4. The number of hydrogen-bond acceptors (Lipinski definition) is 7. The van der Waals surface area contributed by atoms with Crippen LogP contribution in [-0.4, -0.2) is 69.0 Å². The Morgan fingerprint density at radius 3 is 2.61 bits per heavy atom. The van der Waals surface area contributed by atoms with E-state index in [1.54, 1.807) is 16.8 Å². The lowest BCUT2D eigenvalue weighted by atomic mass is 10.2. The lowest BCUT2D eigenvalue weighted by molar-refractivity contribution is 0.140. The number of hydrogen-bond donors (Lipinski definition) is 1. The van der Waals surface area contributed by atoms with Gasteiger partial charge in [-0.05, 0) is 41.6 Å². The Morgan fingerprint density at radius 1 is 1.03 bits per heavy atom. The van der Waals surface area contributed by atoms with Crippen LogP contribution in [0, 0.1) is 6.92 Å². The van der Waals surface area contributed by atoms with Crippen LogP contribution >= 0.6 is 0 Å². The van der Waals surface area contributed by atoms with E-state index in [1.165, 1.54) is 5.56 Å². The van der Waals surface area contributed by atoms with Crippen LogP contribution in [-0.2, 0) is 6.54 Å². The Kier molecular flexibility index (Phi) is 5.13. The normalized spacial score (nSPS) is 15.8. The van der Waals surface area contributed by atoms with Gasteiger partial charge in [-0.3, -0.25) is 4.90 Å². The van der Waals surface area contributed by atoms with Gasteiger partial charge in [0.15, 0.2) is 17.3 Å². The molecule has 0 unspecified atom stereocenters. The number of urea groups is 1. The van der Waals surface area contributed by atoms with Gasteiger partial charge in [0.25, 0.3) is 0 Å². The number of anilines is 1. The molecule has 0 aliphatic carbocycles. The fourth-order valence-electron chi connectivity index (χ4n) is 3.68. The molecular weight excluding hydrogens is 398 g/mol. The summed E-state index contributed by atoms with van der Waals surface area (Å²) in [4.78, 5) is 16.7. The highest BCUT2D eigenvalue weighted by Gasteiger charge is 2.23. The standard InChI is InChI=1S/C21H23N7O3/c1-15-2-5-17(6-3-15)28-20(23-24-25-28)13-26-8-10-27(11-9-26)21(29)22-16-4-7-18-19(12-16)31-14-30-18/h2-7,12H,8-11,13-14H2,1H3,(H,22,29). The topological polar surface area (TPSA) is 97.6 Å². The highest BCUT2D eigenvalue weighted by Crippen LogP contribution is 2.34. The molecule has 10 nitrogen and oxygen atoms in total. The molecule has 3 heterocycles. The molecule has 2 aromatic carbocycles. The van der Waals surface area contributed by atoms with Crippen molar-refractivity contribution >= 4 is 11.7 Å². The summed E-state index contributed by atoms with van der Waals surface area (Å²) in [6.45, 7) is 5.63. The van der Waals surface area contributed by atoms with Gasteiger partial charge in [0, 0.05) is 37.9 Å². The molecule has 1 fully saturated rings. The van der Waals surface area contributed by atoms with E-state index in [0.717, 1.165) is 24.6 Å². The maximum absolute atomic E-state index is 12.6. The number of benzene rings is 2. The Morgan fingerprint density at radius 2 is 1.81 bits per heavy atom. The van der Waals surface area contributed by atoms with Gasteiger partial charge in [0.1, 0.15) is 0 Å². The van der Waals surface area contributed by atoms with Crippen LogP contribution in [0.2, 0.25) is 0 Å². The smallest absolute Gasteiger partial charge is 0.321 e. The van der Waals surface area contributed by atoms with Gasteiger partial charge in [0.2, 0.25) is 6.79 Å². The van der Waals surface area contributed by atoms with Crippen LogP contribution in [0.15, 0.2) is 42.5 Å². The van der Waals surface area contributed by atoms with Gasteiger partial charge >= 0.3 is 6.03 Å². The quantitative estimate of drug-likeness (QED) is 0.689. The van der Waals surface area contributed by atoms with Crippen molar-refractivity contribution in [3.8, 4) is 17.2 Å². The van der Waals surface area contributed by atoms with Crippen molar-refractivity contribution in [1.29, 1.82) is 0 Å². The van der Waals surface area contributed by atoms with Crippen molar-refractivity contribution in [2.24, 2.45) is 0 Å². The van der Waals surface area contributed by atoms with Crippen LogP contribution in [0.3, 0.4) is 0 Å². The summed E-state index contributed by atoms with van der Waals surface area (Å²) in [5.41, 5.74) is 2.81. The van der Waals surface area contributed by atoms with Crippen LogP contribution in [0.25, 0.3) is 5.69 Å². The van der Waals surface area contributed by atoms with Crippen molar-refractivity contribution in [2.45, 2.75) is 13.5 Å². The molecule has 2 amide bonds. The van der Waals surface area contributed by atoms with Crippen molar-refractivity contribution in [2.75, 3.05) is 38.3 Å². The highest BCUT2D eigenvalue weighted by molar-refractivity contribution is 5.89. The second-order valence-corrected chi connectivity index (χ2v) is 7.60. The summed E-state index contributed by atoms with van der Waals surface area (Å²) in [5, 5.41) is 15.1. The average molecular weight is 421 g/mol. The number of piperazine rings is 1. The predicted octanol–water partition coefficient (Wildman–Crippen LogP) is 2.05. The number of amides is 2. The number of tetrazole rings is 1. The van der Waals surface area contributed by atoms with Crippen molar-refractivity contribution in [3.63, 3.8) is 0 Å². The van der Waals surface area contributed by atoms with Gasteiger partial charge < -0.3 is 19.7 Å². The third-order valence-electron chi connectivity index (χ3n) is 5.46. The van der Waals surface area contributed by atoms with Crippen LogP contribution < -0.4 is 14.8 Å². The Balaban J connectivity index is 1.16. The molecule has 160 valence electrons. The maximum atomic E-state index is 12.6. The van der Waals surface area contributed by atoms with Crippen LogP contribution in [0.4, 0.5) is 10.5 Å². The largest absolute Gasteiger partial charge is 0.454 e. The first-order chi connectivity index (χ1) is 15.2. The van der Waals surface area contributed by atoms with E-state index in [-0.39, 0.29) is 12.8 Å². The lowest BCUT2D eigenvalue weighted by Crippen LogP contribution is -2.49. The van der Waals surface area contributed by atoms with E-state index in [9.17, 15) is 4.79 Å². The van der Waals surface area contributed by atoms with Gasteiger partial charge in [-0.15, -0.1) is 5.10 Å². The predicted molar refractivity (Wildman–Crippen MR) is 112 cm³/mol. The van der Waals surface area contributed by atoms with E-state index < -0.39 is 0 Å². The molecule has 31 heavy (non-hydrogen) atoms. The second-order valence-electron chi connectivity index (χ2n) is 7.60. The Hall–Kier alpha value is -3.66. The summed E-state index contributed by atoms with van der Waals surface area (Å²) in [5.74, 6) is 2.12. The molecule has 0 bridgehead atoms. The van der Waals surface area contributed by atoms with Gasteiger partial charge in [0.05, 0.1) is 12.2 Å². The minimum absolute atomic E-state index is 0.122. The molecule has 0 spiro atoms. The van der Waals surface area contributed by atoms with E-state index in [4.69, 9.17) is 9.47 Å². The van der Waals surface area contributed by atoms with Crippen molar-refractivity contribution < 1.29 is 14.3 Å². The van der Waals surface area contributed by atoms with E-state index in [1.807, 2.05) is 42.2 Å². The Labute approximate surface area is 179 Å². The monoisotopic (exact) mass is 421 g/mol. The fraction of sp³-hybridized carbons (Fsp3) is 0.333.